The van der Waals surface area contributed by atoms with Crippen molar-refractivity contribution >= 4 is 14.1 Å². The Balaban J connectivity index is 1.93. The van der Waals surface area contributed by atoms with Crippen molar-refractivity contribution < 1.29 is 0 Å². The molecule has 0 saturated heterocycles. The lowest BCUT2D eigenvalue weighted by Gasteiger charge is -2.31. The maximum absolute atomic E-state index is 2.52. The smallest absolute Gasteiger partial charge is 0.0445 e. The molecule has 2 aliphatic carbocycles. The molecule has 0 heterocycles. The molecule has 0 radical (unpaired) electrons. The molecular weight excluding hydrogens is 232 g/mol. The first-order valence-corrected chi connectivity index (χ1v) is 11.0. The number of fused-ring (bicyclic) bond motifs is 3. The van der Waals surface area contributed by atoms with E-state index in [-0.39, 0.29) is 0 Å². The zero-order valence-electron chi connectivity index (χ0n) is 11.8. The standard InChI is InChI=1S/C17H24Si/c1-18(2,3)12-15-11-10-14-9-8-13-6-4-5-7-16(13)17(14)15/h4-9,14-15,17H,10-12H2,1-3H3. The van der Waals surface area contributed by atoms with Gasteiger partial charge in [0.25, 0.3) is 0 Å². The van der Waals surface area contributed by atoms with Crippen LogP contribution in [0.3, 0.4) is 0 Å². The van der Waals surface area contributed by atoms with Crippen molar-refractivity contribution in [3.8, 4) is 0 Å². The fourth-order valence-corrected chi connectivity index (χ4v) is 6.06. The Morgan fingerprint density at radius 2 is 1.89 bits per heavy atom. The molecule has 0 aromatic heterocycles. The van der Waals surface area contributed by atoms with Gasteiger partial charge in [-0.15, -0.1) is 0 Å². The average Bonchev–Trinajstić information content (AvgIpc) is 2.70. The molecule has 0 spiro atoms. The molecule has 1 fully saturated rings. The molecule has 0 bridgehead atoms. The van der Waals surface area contributed by atoms with Crippen LogP contribution in [0.5, 0.6) is 0 Å². The quantitative estimate of drug-likeness (QED) is 0.641. The van der Waals surface area contributed by atoms with Crippen molar-refractivity contribution in [3.05, 3.63) is 41.5 Å². The highest BCUT2D eigenvalue weighted by Gasteiger charge is 2.39. The molecule has 18 heavy (non-hydrogen) atoms. The summed E-state index contributed by atoms with van der Waals surface area (Å²) >= 11 is 0. The van der Waals surface area contributed by atoms with Crippen LogP contribution in [-0.4, -0.2) is 8.07 Å². The summed E-state index contributed by atoms with van der Waals surface area (Å²) in [6.45, 7) is 7.56. The van der Waals surface area contributed by atoms with E-state index in [1.165, 1.54) is 24.4 Å². The predicted molar refractivity (Wildman–Crippen MR) is 82.6 cm³/mol. The van der Waals surface area contributed by atoms with Crippen molar-refractivity contribution in [3.63, 3.8) is 0 Å². The van der Waals surface area contributed by atoms with E-state index in [1.807, 2.05) is 0 Å². The lowest BCUT2D eigenvalue weighted by molar-refractivity contribution is 0.480. The first-order chi connectivity index (χ1) is 8.54. The third-order valence-electron chi connectivity index (χ3n) is 4.59. The van der Waals surface area contributed by atoms with Gasteiger partial charge in [-0.1, -0.05) is 62.1 Å². The molecule has 1 heteroatoms. The van der Waals surface area contributed by atoms with E-state index < -0.39 is 8.07 Å². The second kappa shape index (κ2) is 4.38. The molecule has 0 N–H and O–H groups in total. The molecule has 0 aliphatic heterocycles. The summed E-state index contributed by atoms with van der Waals surface area (Å²) in [6.07, 6.45) is 7.69. The molecular formula is C17H24Si. The monoisotopic (exact) mass is 256 g/mol. The highest BCUT2D eigenvalue weighted by molar-refractivity contribution is 6.76. The van der Waals surface area contributed by atoms with E-state index in [4.69, 9.17) is 0 Å². The van der Waals surface area contributed by atoms with Crippen molar-refractivity contribution in [1.82, 2.24) is 0 Å². The highest BCUT2D eigenvalue weighted by Crippen LogP contribution is 2.51. The van der Waals surface area contributed by atoms with Crippen LogP contribution in [-0.2, 0) is 0 Å². The molecule has 96 valence electrons. The fourth-order valence-electron chi connectivity index (χ4n) is 4.02. The zero-order chi connectivity index (χ0) is 12.8. The van der Waals surface area contributed by atoms with Gasteiger partial charge < -0.3 is 0 Å². The van der Waals surface area contributed by atoms with Crippen LogP contribution < -0.4 is 0 Å². The van der Waals surface area contributed by atoms with E-state index in [1.54, 1.807) is 5.56 Å². The number of hydrogen-bond donors (Lipinski definition) is 0. The Morgan fingerprint density at radius 1 is 1.11 bits per heavy atom. The van der Waals surface area contributed by atoms with Crippen LogP contribution in [0.25, 0.3) is 6.08 Å². The first-order valence-electron chi connectivity index (χ1n) is 7.32. The predicted octanol–water partition coefficient (Wildman–Crippen LogP) is 5.16. The number of benzene rings is 1. The Kier molecular flexibility index (Phi) is 2.97. The van der Waals surface area contributed by atoms with E-state index in [0.29, 0.717) is 0 Å². The zero-order valence-corrected chi connectivity index (χ0v) is 12.8. The summed E-state index contributed by atoms with van der Waals surface area (Å²) in [4.78, 5) is 0. The fraction of sp³-hybridized carbons (Fsp3) is 0.529. The molecule has 0 nitrogen and oxygen atoms in total. The van der Waals surface area contributed by atoms with Crippen LogP contribution in [0.1, 0.15) is 29.9 Å². The third-order valence-corrected chi connectivity index (χ3v) is 6.34. The number of allylic oxidation sites excluding steroid dienone is 1. The Hall–Kier alpha value is -0.823. The van der Waals surface area contributed by atoms with Crippen LogP contribution in [0.15, 0.2) is 30.3 Å². The van der Waals surface area contributed by atoms with Gasteiger partial charge in [-0.25, -0.2) is 0 Å². The van der Waals surface area contributed by atoms with Crippen LogP contribution in [0.4, 0.5) is 0 Å². The molecule has 0 amide bonds. The topological polar surface area (TPSA) is 0 Å². The van der Waals surface area contributed by atoms with E-state index in [0.717, 1.165) is 17.8 Å². The minimum absolute atomic E-state index is 0.818. The number of hydrogen-bond acceptors (Lipinski definition) is 0. The van der Waals surface area contributed by atoms with Gasteiger partial charge in [0.05, 0.1) is 0 Å². The number of rotatable bonds is 2. The van der Waals surface area contributed by atoms with Crippen LogP contribution in [0, 0.1) is 11.8 Å². The summed E-state index contributed by atoms with van der Waals surface area (Å²) in [5, 5.41) is 0. The third kappa shape index (κ3) is 2.21. The van der Waals surface area contributed by atoms with Gasteiger partial charge in [0.15, 0.2) is 0 Å². The molecule has 1 aromatic rings. The lowest BCUT2D eigenvalue weighted by atomic mass is 9.78. The summed E-state index contributed by atoms with van der Waals surface area (Å²) in [5.41, 5.74) is 3.10. The van der Waals surface area contributed by atoms with Gasteiger partial charge in [0.2, 0.25) is 0 Å². The van der Waals surface area contributed by atoms with Gasteiger partial charge in [-0.05, 0) is 41.7 Å². The van der Waals surface area contributed by atoms with Crippen molar-refractivity contribution in [2.75, 3.05) is 0 Å². The van der Waals surface area contributed by atoms with Gasteiger partial charge in [0, 0.05) is 8.07 Å². The maximum atomic E-state index is 2.52. The summed E-state index contributed by atoms with van der Waals surface area (Å²) in [6, 6.07) is 10.5. The second-order valence-electron chi connectivity index (χ2n) is 7.28. The van der Waals surface area contributed by atoms with E-state index in [9.17, 15) is 0 Å². The summed E-state index contributed by atoms with van der Waals surface area (Å²) < 4.78 is 0. The maximum Gasteiger partial charge on any atom is 0.0445 e. The van der Waals surface area contributed by atoms with E-state index in [2.05, 4.69) is 56.1 Å². The first kappa shape index (κ1) is 12.2. The SMILES string of the molecule is C[Si](C)(C)CC1CCC2C=Cc3ccccc3C21. The van der Waals surface area contributed by atoms with Crippen LogP contribution >= 0.6 is 0 Å². The van der Waals surface area contributed by atoms with Gasteiger partial charge >= 0.3 is 0 Å². The molecule has 3 rings (SSSR count). The summed E-state index contributed by atoms with van der Waals surface area (Å²) in [7, 11) is -0.944. The van der Waals surface area contributed by atoms with Gasteiger partial charge in [0.1, 0.15) is 0 Å². The molecule has 3 unspecified atom stereocenters. The average molecular weight is 256 g/mol. The lowest BCUT2D eigenvalue weighted by Crippen LogP contribution is -2.26. The van der Waals surface area contributed by atoms with Gasteiger partial charge in [-0.2, -0.15) is 0 Å². The highest BCUT2D eigenvalue weighted by atomic mass is 28.3. The Morgan fingerprint density at radius 3 is 2.67 bits per heavy atom. The largest absolute Gasteiger partial charge is 0.0802 e. The minimum Gasteiger partial charge on any atom is -0.0802 e. The van der Waals surface area contributed by atoms with Crippen molar-refractivity contribution in [1.29, 1.82) is 0 Å². The molecule has 1 aromatic carbocycles. The van der Waals surface area contributed by atoms with Crippen LogP contribution in [0.2, 0.25) is 25.7 Å². The Labute approximate surface area is 112 Å². The van der Waals surface area contributed by atoms with E-state index >= 15 is 0 Å². The van der Waals surface area contributed by atoms with Crippen molar-refractivity contribution in [2.45, 2.75) is 44.4 Å². The summed E-state index contributed by atoms with van der Waals surface area (Å²) in [5.74, 6) is 2.58. The van der Waals surface area contributed by atoms with Gasteiger partial charge in [-0.3, -0.25) is 0 Å². The molecule has 2 aliphatic rings. The molecule has 3 atom stereocenters. The minimum atomic E-state index is -0.944. The Bertz CT molecular complexity index is 467. The normalized spacial score (nSPS) is 30.1. The molecule has 1 saturated carbocycles. The second-order valence-corrected chi connectivity index (χ2v) is 12.8. The van der Waals surface area contributed by atoms with Crippen molar-refractivity contribution in [2.24, 2.45) is 11.8 Å².